The molecule has 2 aliphatic rings. The first-order valence-corrected chi connectivity index (χ1v) is 8.99. The van der Waals surface area contributed by atoms with Crippen LogP contribution in [-0.4, -0.2) is 39.8 Å². The Hall–Kier alpha value is -2.97. The first kappa shape index (κ1) is 18.8. The molecule has 0 aromatic heterocycles. The number of nitrogens with one attached hydrogen (secondary N) is 2. The summed E-state index contributed by atoms with van der Waals surface area (Å²) in [5, 5.41) is 16.0. The van der Waals surface area contributed by atoms with Gasteiger partial charge in [-0.05, 0) is 37.8 Å². The van der Waals surface area contributed by atoms with Crippen LogP contribution in [0.4, 0.5) is 16.2 Å². The lowest BCUT2D eigenvalue weighted by Gasteiger charge is -2.34. The largest absolute Gasteiger partial charge is 0.325 e. The minimum atomic E-state index is -0.967. The first-order chi connectivity index (χ1) is 12.8. The standard InChI is InChI=1S/C18H22N4O5/c1-18(12-5-3-2-4-6-12)16(24)21(17(25)20-18)11-15(23)19-13-7-9-14(10-8-13)22(26)27/h7-10,12H,2-6,11H2,1H3,(H,19,23)(H,20,25)/t18-/m1/s1. The van der Waals surface area contributed by atoms with Crippen LogP contribution in [0, 0.1) is 16.0 Å². The fraction of sp³-hybridized carbons (Fsp3) is 0.500. The van der Waals surface area contributed by atoms with E-state index >= 15 is 0 Å². The number of nitro benzene ring substituents is 1. The van der Waals surface area contributed by atoms with E-state index in [-0.39, 0.29) is 17.5 Å². The molecule has 0 unspecified atom stereocenters. The van der Waals surface area contributed by atoms with Crippen LogP contribution < -0.4 is 10.6 Å². The topological polar surface area (TPSA) is 122 Å². The molecule has 0 spiro atoms. The Labute approximate surface area is 156 Å². The molecule has 144 valence electrons. The number of nitro groups is 1. The molecule has 4 amide bonds. The zero-order valence-corrected chi connectivity index (χ0v) is 15.1. The first-order valence-electron chi connectivity index (χ1n) is 8.99. The van der Waals surface area contributed by atoms with E-state index in [1.165, 1.54) is 24.3 Å². The minimum Gasteiger partial charge on any atom is -0.325 e. The van der Waals surface area contributed by atoms with Crippen molar-refractivity contribution in [2.45, 2.75) is 44.6 Å². The smallest absolute Gasteiger partial charge is 0.325 e. The van der Waals surface area contributed by atoms with E-state index in [0.717, 1.165) is 37.0 Å². The highest BCUT2D eigenvalue weighted by molar-refractivity contribution is 6.10. The predicted molar refractivity (Wildman–Crippen MR) is 97.0 cm³/mol. The summed E-state index contributed by atoms with van der Waals surface area (Å²) >= 11 is 0. The number of amides is 4. The van der Waals surface area contributed by atoms with Crippen LogP contribution in [0.1, 0.15) is 39.0 Å². The van der Waals surface area contributed by atoms with Crippen LogP contribution in [0.2, 0.25) is 0 Å². The molecule has 0 bridgehead atoms. The summed E-state index contributed by atoms with van der Waals surface area (Å²) in [6.45, 7) is 1.33. The van der Waals surface area contributed by atoms with Crippen LogP contribution in [0.3, 0.4) is 0 Å². The molecule has 3 rings (SSSR count). The molecule has 2 N–H and O–H groups in total. The average molecular weight is 374 g/mol. The van der Waals surface area contributed by atoms with Crippen molar-refractivity contribution in [1.82, 2.24) is 10.2 Å². The number of non-ortho nitro benzene ring substituents is 1. The van der Waals surface area contributed by atoms with E-state index < -0.39 is 28.9 Å². The fourth-order valence-corrected chi connectivity index (χ4v) is 3.83. The molecular formula is C18H22N4O5. The molecule has 1 atom stereocenters. The highest BCUT2D eigenvalue weighted by Gasteiger charge is 2.52. The quantitative estimate of drug-likeness (QED) is 0.466. The Morgan fingerprint density at radius 1 is 1.26 bits per heavy atom. The third-order valence-electron chi connectivity index (χ3n) is 5.39. The molecule has 2 fully saturated rings. The third kappa shape index (κ3) is 3.76. The van der Waals surface area contributed by atoms with Crippen molar-refractivity contribution in [3.8, 4) is 0 Å². The van der Waals surface area contributed by atoms with Crippen LogP contribution in [0.5, 0.6) is 0 Å². The second kappa shape index (κ2) is 7.34. The van der Waals surface area contributed by atoms with Crippen molar-refractivity contribution < 1.29 is 19.3 Å². The van der Waals surface area contributed by atoms with Gasteiger partial charge in [-0.3, -0.25) is 24.6 Å². The van der Waals surface area contributed by atoms with Gasteiger partial charge in [-0.15, -0.1) is 0 Å². The van der Waals surface area contributed by atoms with Gasteiger partial charge in [0.15, 0.2) is 0 Å². The number of rotatable bonds is 5. The fourth-order valence-electron chi connectivity index (χ4n) is 3.83. The Bertz CT molecular complexity index is 772. The number of carbonyl (C=O) groups is 3. The summed E-state index contributed by atoms with van der Waals surface area (Å²) in [6.07, 6.45) is 4.96. The van der Waals surface area contributed by atoms with Crippen molar-refractivity contribution in [3.05, 3.63) is 34.4 Å². The normalized spacial score (nSPS) is 23.2. The maximum Gasteiger partial charge on any atom is 0.325 e. The van der Waals surface area contributed by atoms with Gasteiger partial charge in [-0.1, -0.05) is 19.3 Å². The van der Waals surface area contributed by atoms with E-state index in [0.29, 0.717) is 5.69 Å². The van der Waals surface area contributed by atoms with Gasteiger partial charge >= 0.3 is 6.03 Å². The summed E-state index contributed by atoms with van der Waals surface area (Å²) in [5.74, 6) is -0.844. The van der Waals surface area contributed by atoms with E-state index in [1.54, 1.807) is 6.92 Å². The maximum atomic E-state index is 12.8. The van der Waals surface area contributed by atoms with Crippen molar-refractivity contribution in [3.63, 3.8) is 0 Å². The van der Waals surface area contributed by atoms with Gasteiger partial charge in [0.1, 0.15) is 12.1 Å². The number of urea groups is 1. The third-order valence-corrected chi connectivity index (χ3v) is 5.39. The number of anilines is 1. The lowest BCUT2D eigenvalue weighted by Crippen LogP contribution is -2.51. The van der Waals surface area contributed by atoms with Crippen LogP contribution in [-0.2, 0) is 9.59 Å². The van der Waals surface area contributed by atoms with Gasteiger partial charge in [-0.2, -0.15) is 0 Å². The van der Waals surface area contributed by atoms with E-state index in [2.05, 4.69) is 10.6 Å². The number of nitrogens with zero attached hydrogens (tertiary/aromatic N) is 2. The predicted octanol–water partition coefficient (Wildman–Crippen LogP) is 2.42. The van der Waals surface area contributed by atoms with Crippen LogP contribution in [0.15, 0.2) is 24.3 Å². The van der Waals surface area contributed by atoms with Gasteiger partial charge in [0.25, 0.3) is 11.6 Å². The number of hydrogen-bond acceptors (Lipinski definition) is 5. The summed E-state index contributed by atoms with van der Waals surface area (Å²) in [4.78, 5) is 48.4. The zero-order valence-electron chi connectivity index (χ0n) is 15.1. The molecule has 9 nitrogen and oxygen atoms in total. The highest BCUT2D eigenvalue weighted by atomic mass is 16.6. The number of carbonyl (C=O) groups excluding carboxylic acids is 3. The number of hydrogen-bond donors (Lipinski definition) is 2. The van der Waals surface area contributed by atoms with E-state index in [4.69, 9.17) is 0 Å². The molecule has 9 heteroatoms. The Kier molecular flexibility index (Phi) is 5.11. The van der Waals surface area contributed by atoms with Crippen LogP contribution in [0.25, 0.3) is 0 Å². The monoisotopic (exact) mass is 374 g/mol. The van der Waals surface area contributed by atoms with Gasteiger partial charge in [-0.25, -0.2) is 4.79 Å². The maximum absolute atomic E-state index is 12.8. The van der Waals surface area contributed by atoms with Gasteiger partial charge in [0.05, 0.1) is 4.92 Å². The molecule has 1 aliphatic heterocycles. The second-order valence-electron chi connectivity index (χ2n) is 7.21. The molecule has 27 heavy (non-hydrogen) atoms. The Morgan fingerprint density at radius 3 is 2.48 bits per heavy atom. The summed E-state index contributed by atoms with van der Waals surface area (Å²) < 4.78 is 0. The molecule has 1 aromatic rings. The van der Waals surface area contributed by atoms with Gasteiger partial charge in [0.2, 0.25) is 5.91 Å². The summed E-state index contributed by atoms with van der Waals surface area (Å²) in [7, 11) is 0. The number of benzene rings is 1. The van der Waals surface area contributed by atoms with Crippen molar-refractivity contribution >= 4 is 29.2 Å². The second-order valence-corrected chi connectivity index (χ2v) is 7.21. The zero-order chi connectivity index (χ0) is 19.6. The summed E-state index contributed by atoms with van der Waals surface area (Å²) in [6, 6.07) is 4.77. The highest BCUT2D eigenvalue weighted by Crippen LogP contribution is 2.36. The van der Waals surface area contributed by atoms with Crippen LogP contribution >= 0.6 is 0 Å². The molecule has 1 saturated heterocycles. The molecule has 1 aromatic carbocycles. The molecule has 1 saturated carbocycles. The van der Waals surface area contributed by atoms with E-state index in [9.17, 15) is 24.5 Å². The van der Waals surface area contributed by atoms with Gasteiger partial charge in [0, 0.05) is 17.8 Å². The molecule has 1 aliphatic carbocycles. The Balaban J connectivity index is 1.64. The van der Waals surface area contributed by atoms with E-state index in [1.807, 2.05) is 0 Å². The SMILES string of the molecule is C[C@]1(C2CCCCC2)NC(=O)N(CC(=O)Nc2ccc([N+](=O)[O-])cc2)C1=O. The van der Waals surface area contributed by atoms with Crippen molar-refractivity contribution in [2.75, 3.05) is 11.9 Å². The Morgan fingerprint density at radius 2 is 1.89 bits per heavy atom. The lowest BCUT2D eigenvalue weighted by atomic mass is 9.75. The van der Waals surface area contributed by atoms with Crippen molar-refractivity contribution in [2.24, 2.45) is 5.92 Å². The summed E-state index contributed by atoms with van der Waals surface area (Å²) in [5.41, 5.74) is -0.705. The van der Waals surface area contributed by atoms with Crippen molar-refractivity contribution in [1.29, 1.82) is 0 Å². The minimum absolute atomic E-state index is 0.0745. The lowest BCUT2D eigenvalue weighted by molar-refractivity contribution is -0.384. The molecule has 0 radical (unpaired) electrons. The van der Waals surface area contributed by atoms with Gasteiger partial charge < -0.3 is 10.6 Å². The average Bonchev–Trinajstić information content (AvgIpc) is 2.87. The number of imide groups is 1. The molecule has 1 heterocycles. The molecular weight excluding hydrogens is 352 g/mol.